The monoisotopic (exact) mass is 328 g/mol. The highest BCUT2D eigenvalue weighted by Crippen LogP contribution is 2.05. The Morgan fingerprint density at radius 3 is 2.54 bits per heavy atom. The van der Waals surface area contributed by atoms with Crippen LogP contribution in [0.5, 0.6) is 0 Å². The van der Waals surface area contributed by atoms with E-state index < -0.39 is 6.04 Å². The number of aromatic nitrogens is 2. The van der Waals surface area contributed by atoms with Gasteiger partial charge in [-0.2, -0.15) is 5.10 Å². The van der Waals surface area contributed by atoms with Crippen molar-refractivity contribution < 1.29 is 9.59 Å². The largest absolute Gasteiger partial charge is 0.354 e. The van der Waals surface area contributed by atoms with E-state index in [1.807, 2.05) is 36.9 Å². The lowest BCUT2D eigenvalue weighted by Crippen LogP contribution is -2.49. The van der Waals surface area contributed by atoms with Crippen molar-refractivity contribution in [2.45, 2.75) is 32.9 Å². The van der Waals surface area contributed by atoms with Gasteiger partial charge in [-0.15, -0.1) is 0 Å². The molecule has 24 heavy (non-hydrogen) atoms. The summed E-state index contributed by atoms with van der Waals surface area (Å²) in [5.74, 6) is -0.389. The minimum absolute atomic E-state index is 0.00350. The molecule has 0 radical (unpaired) electrons. The highest BCUT2D eigenvalue weighted by Gasteiger charge is 2.24. The standard InChI is InChI=1S/C18H24N4O2/c1-14(2)16(21-17(23)15-8-4-3-5-9-15)18(24)19-10-6-12-22-13-7-11-20-22/h3-5,7-9,11,13-14,16H,6,10,12H2,1-2H3,(H,19,24)(H,21,23)/t16-/m0/s1. The molecule has 0 fully saturated rings. The summed E-state index contributed by atoms with van der Waals surface area (Å²) < 4.78 is 1.82. The molecule has 2 N–H and O–H groups in total. The summed E-state index contributed by atoms with van der Waals surface area (Å²) in [5.41, 5.74) is 0.551. The molecule has 1 aromatic carbocycles. The Morgan fingerprint density at radius 2 is 1.92 bits per heavy atom. The van der Waals surface area contributed by atoms with Gasteiger partial charge in [-0.05, 0) is 30.5 Å². The van der Waals surface area contributed by atoms with Crippen LogP contribution in [0, 0.1) is 5.92 Å². The van der Waals surface area contributed by atoms with Gasteiger partial charge in [-0.1, -0.05) is 32.0 Å². The van der Waals surface area contributed by atoms with Crippen molar-refractivity contribution in [3.63, 3.8) is 0 Å². The SMILES string of the molecule is CC(C)[C@H](NC(=O)c1ccccc1)C(=O)NCCCn1cccn1. The van der Waals surface area contributed by atoms with Crippen LogP contribution in [0.2, 0.25) is 0 Å². The molecule has 2 amide bonds. The van der Waals surface area contributed by atoms with E-state index in [-0.39, 0.29) is 17.7 Å². The smallest absolute Gasteiger partial charge is 0.251 e. The third-order valence-electron chi connectivity index (χ3n) is 3.69. The zero-order valence-corrected chi connectivity index (χ0v) is 14.1. The zero-order chi connectivity index (χ0) is 17.4. The van der Waals surface area contributed by atoms with Crippen molar-refractivity contribution in [3.05, 3.63) is 54.4 Å². The minimum Gasteiger partial charge on any atom is -0.354 e. The number of nitrogens with zero attached hydrogens (tertiary/aromatic N) is 2. The number of carbonyl (C=O) groups is 2. The van der Waals surface area contributed by atoms with Gasteiger partial charge >= 0.3 is 0 Å². The summed E-state index contributed by atoms with van der Waals surface area (Å²) in [6.45, 7) is 5.12. The van der Waals surface area contributed by atoms with Crippen molar-refractivity contribution in [2.24, 2.45) is 5.92 Å². The van der Waals surface area contributed by atoms with E-state index in [9.17, 15) is 9.59 Å². The van der Waals surface area contributed by atoms with Gasteiger partial charge in [0.1, 0.15) is 6.04 Å². The van der Waals surface area contributed by atoms with Gasteiger partial charge in [0, 0.05) is 31.0 Å². The number of amides is 2. The van der Waals surface area contributed by atoms with Gasteiger partial charge in [-0.3, -0.25) is 14.3 Å². The van der Waals surface area contributed by atoms with Crippen LogP contribution < -0.4 is 10.6 Å². The molecule has 1 aromatic heterocycles. The molecule has 0 bridgehead atoms. The van der Waals surface area contributed by atoms with Gasteiger partial charge in [0.05, 0.1) is 0 Å². The van der Waals surface area contributed by atoms with Crippen molar-refractivity contribution in [3.8, 4) is 0 Å². The first-order valence-electron chi connectivity index (χ1n) is 8.19. The average Bonchev–Trinajstić information content (AvgIpc) is 3.10. The topological polar surface area (TPSA) is 76.0 Å². The molecule has 0 unspecified atom stereocenters. The molecule has 128 valence electrons. The molecule has 0 saturated carbocycles. The molecule has 0 spiro atoms. The van der Waals surface area contributed by atoms with Crippen molar-refractivity contribution in [1.82, 2.24) is 20.4 Å². The van der Waals surface area contributed by atoms with E-state index in [4.69, 9.17) is 0 Å². The van der Waals surface area contributed by atoms with Crippen molar-refractivity contribution in [2.75, 3.05) is 6.54 Å². The lowest BCUT2D eigenvalue weighted by molar-refractivity contribution is -0.123. The number of aryl methyl sites for hydroxylation is 1. The number of hydrogen-bond acceptors (Lipinski definition) is 3. The highest BCUT2D eigenvalue weighted by atomic mass is 16.2. The third kappa shape index (κ3) is 5.22. The van der Waals surface area contributed by atoms with Crippen LogP contribution in [0.1, 0.15) is 30.6 Å². The normalized spacial score (nSPS) is 12.0. The summed E-state index contributed by atoms with van der Waals surface area (Å²) in [6.07, 6.45) is 4.40. The van der Waals surface area contributed by atoms with E-state index in [2.05, 4.69) is 15.7 Å². The highest BCUT2D eigenvalue weighted by molar-refractivity contribution is 5.97. The first-order chi connectivity index (χ1) is 11.6. The van der Waals surface area contributed by atoms with Gasteiger partial charge in [-0.25, -0.2) is 0 Å². The van der Waals surface area contributed by atoms with Crippen molar-refractivity contribution >= 4 is 11.8 Å². The molecular formula is C18H24N4O2. The first kappa shape index (κ1) is 17.7. The Hall–Kier alpha value is -2.63. The second kappa shape index (κ2) is 8.86. The van der Waals surface area contributed by atoms with Crippen LogP contribution in [-0.2, 0) is 11.3 Å². The third-order valence-corrected chi connectivity index (χ3v) is 3.69. The lowest BCUT2D eigenvalue weighted by Gasteiger charge is -2.21. The van der Waals surface area contributed by atoms with Crippen molar-refractivity contribution in [1.29, 1.82) is 0 Å². The van der Waals surface area contributed by atoms with E-state index in [0.29, 0.717) is 12.1 Å². The molecule has 0 aliphatic rings. The summed E-state index contributed by atoms with van der Waals surface area (Å²) in [5, 5.41) is 9.82. The lowest BCUT2D eigenvalue weighted by atomic mass is 10.0. The van der Waals surface area contributed by atoms with E-state index in [0.717, 1.165) is 13.0 Å². The van der Waals surface area contributed by atoms with E-state index in [1.165, 1.54) is 0 Å². The van der Waals surface area contributed by atoms with Crippen LogP contribution in [0.4, 0.5) is 0 Å². The number of hydrogen-bond donors (Lipinski definition) is 2. The molecule has 1 atom stereocenters. The fraction of sp³-hybridized carbons (Fsp3) is 0.389. The Labute approximate surface area is 142 Å². The van der Waals surface area contributed by atoms with E-state index in [1.54, 1.807) is 30.5 Å². The number of benzene rings is 1. The summed E-state index contributed by atoms with van der Waals surface area (Å²) in [4.78, 5) is 24.6. The van der Waals surface area contributed by atoms with Gasteiger partial charge in [0.2, 0.25) is 5.91 Å². The molecule has 2 rings (SSSR count). The second-order valence-corrected chi connectivity index (χ2v) is 5.97. The minimum atomic E-state index is -0.553. The molecule has 2 aromatic rings. The molecule has 0 aliphatic carbocycles. The predicted octanol–water partition coefficient (Wildman–Crippen LogP) is 1.84. The molecule has 1 heterocycles. The molecule has 0 aliphatic heterocycles. The fourth-order valence-corrected chi connectivity index (χ4v) is 2.34. The van der Waals surface area contributed by atoms with Crippen LogP contribution in [0.25, 0.3) is 0 Å². The quantitative estimate of drug-likeness (QED) is 0.726. The summed E-state index contributed by atoms with van der Waals surface area (Å²) >= 11 is 0. The number of carbonyl (C=O) groups excluding carboxylic acids is 2. The maximum absolute atomic E-state index is 12.4. The number of rotatable bonds is 8. The Balaban J connectivity index is 1.82. The molecule has 6 heteroatoms. The molecule has 0 saturated heterocycles. The summed E-state index contributed by atoms with van der Waals surface area (Å²) in [6, 6.07) is 10.2. The Kier molecular flexibility index (Phi) is 6.54. The molecular weight excluding hydrogens is 304 g/mol. The van der Waals surface area contributed by atoms with Crippen LogP contribution >= 0.6 is 0 Å². The Bertz CT molecular complexity index is 638. The van der Waals surface area contributed by atoms with Crippen LogP contribution in [-0.4, -0.2) is 34.2 Å². The number of nitrogens with one attached hydrogen (secondary N) is 2. The van der Waals surface area contributed by atoms with Gasteiger partial charge in [0.15, 0.2) is 0 Å². The fourth-order valence-electron chi connectivity index (χ4n) is 2.34. The van der Waals surface area contributed by atoms with Crippen LogP contribution in [0.3, 0.4) is 0 Å². The van der Waals surface area contributed by atoms with Gasteiger partial charge in [0.25, 0.3) is 5.91 Å². The Morgan fingerprint density at radius 1 is 1.17 bits per heavy atom. The van der Waals surface area contributed by atoms with E-state index >= 15 is 0 Å². The predicted molar refractivity (Wildman–Crippen MR) is 92.4 cm³/mol. The summed E-state index contributed by atoms with van der Waals surface area (Å²) in [7, 11) is 0. The molecule has 6 nitrogen and oxygen atoms in total. The van der Waals surface area contributed by atoms with Gasteiger partial charge < -0.3 is 10.6 Å². The average molecular weight is 328 g/mol. The second-order valence-electron chi connectivity index (χ2n) is 5.97. The maximum atomic E-state index is 12.4. The zero-order valence-electron chi connectivity index (χ0n) is 14.1. The maximum Gasteiger partial charge on any atom is 0.251 e. The first-order valence-corrected chi connectivity index (χ1v) is 8.19. The van der Waals surface area contributed by atoms with Crippen LogP contribution in [0.15, 0.2) is 48.8 Å².